The summed E-state index contributed by atoms with van der Waals surface area (Å²) in [6.45, 7) is 5.22. The molecule has 4 rings (SSSR count). The molecule has 2 aromatic rings. The van der Waals surface area contributed by atoms with Gasteiger partial charge in [-0.15, -0.1) is 0 Å². The number of amides is 2. The van der Waals surface area contributed by atoms with Crippen LogP contribution in [0.25, 0.3) is 0 Å². The molecular formula is C24H33ClN4O5S. The third-order valence-electron chi connectivity index (χ3n) is 6.53. The van der Waals surface area contributed by atoms with Gasteiger partial charge >= 0.3 is 6.09 Å². The number of halogens is 1. The number of hydrogen-bond donors (Lipinski definition) is 1. The number of benzene rings is 2. The van der Waals surface area contributed by atoms with Gasteiger partial charge in [-0.05, 0) is 67.8 Å². The Balaban J connectivity index is 0.00000241. The second-order valence-corrected chi connectivity index (χ2v) is 10.8. The number of hydrogen-bond acceptors (Lipinski definition) is 7. The number of sulfonamides is 1. The quantitative estimate of drug-likeness (QED) is 0.640. The Kier molecular flexibility index (Phi) is 7.42. The Labute approximate surface area is 213 Å². The van der Waals surface area contributed by atoms with E-state index < -0.39 is 16.1 Å². The van der Waals surface area contributed by atoms with Crippen LogP contribution in [0.5, 0.6) is 0 Å². The van der Waals surface area contributed by atoms with Crippen molar-refractivity contribution in [3.05, 3.63) is 53.1 Å². The molecule has 2 aliphatic heterocycles. The van der Waals surface area contributed by atoms with Crippen LogP contribution in [0, 0.1) is 0 Å². The molecule has 0 radical (unpaired) electrons. The van der Waals surface area contributed by atoms with Crippen molar-refractivity contribution in [3.63, 3.8) is 0 Å². The van der Waals surface area contributed by atoms with Crippen LogP contribution in [-0.4, -0.2) is 71.2 Å². The first kappa shape index (κ1) is 25.1. The lowest BCUT2D eigenvalue weighted by Crippen LogP contribution is -2.55. The van der Waals surface area contributed by atoms with E-state index in [1.54, 1.807) is 12.1 Å². The third-order valence-corrected chi connectivity index (χ3v) is 8.09. The number of carbonyl (C=O) groups excluding carboxylic acids is 2. The molecule has 2 aliphatic rings. The second-order valence-electron chi connectivity index (χ2n) is 8.65. The van der Waals surface area contributed by atoms with Crippen molar-refractivity contribution >= 4 is 45.0 Å². The SMILES string of the molecule is COC(=O)NS(=O)(=O)c1ccc(N2CCN(C(=O)[C@@H](C)N3CCCc4cc(Cl)ccc43)CC2)cc1.[HH].[HH]. The summed E-state index contributed by atoms with van der Waals surface area (Å²) in [5.74, 6) is 0.0998. The number of nitrogens with zero attached hydrogens (tertiary/aromatic N) is 3. The van der Waals surface area contributed by atoms with E-state index in [9.17, 15) is 18.0 Å². The topological polar surface area (TPSA) is 99.3 Å². The average molecular weight is 525 g/mol. The summed E-state index contributed by atoms with van der Waals surface area (Å²) in [6.07, 6.45) is 0.908. The van der Waals surface area contributed by atoms with Crippen molar-refractivity contribution in [1.29, 1.82) is 0 Å². The second kappa shape index (κ2) is 10.3. The van der Waals surface area contributed by atoms with E-state index >= 15 is 0 Å². The highest BCUT2D eigenvalue weighted by Crippen LogP contribution is 2.31. The standard InChI is InChI=1S/C24H29ClN4O5S.2H2/c1-17(29-11-3-4-18-16-19(25)5-10-22(18)29)23(30)28-14-12-27(13-15-28)20-6-8-21(9-7-20)35(32,33)26-24(31)34-2;;/h5-10,16-17H,3-4,11-15H2,1-2H3,(H,26,31);2*1H/t17-;;/m1../s1. The van der Waals surface area contributed by atoms with Crippen molar-refractivity contribution in [2.75, 3.05) is 49.6 Å². The van der Waals surface area contributed by atoms with Crippen molar-refractivity contribution in [2.24, 2.45) is 0 Å². The predicted octanol–water partition coefficient (Wildman–Crippen LogP) is 3.37. The first-order valence-corrected chi connectivity index (χ1v) is 13.4. The number of ether oxygens (including phenoxy) is 1. The van der Waals surface area contributed by atoms with E-state index in [1.807, 2.05) is 34.7 Å². The maximum Gasteiger partial charge on any atom is 0.420 e. The summed E-state index contributed by atoms with van der Waals surface area (Å²) in [5.41, 5.74) is 3.11. The Hall–Kier alpha value is -2.98. The van der Waals surface area contributed by atoms with Gasteiger partial charge in [-0.2, -0.15) is 0 Å². The van der Waals surface area contributed by atoms with E-state index in [2.05, 4.69) is 14.5 Å². The maximum atomic E-state index is 13.3. The number of piperazine rings is 1. The number of nitrogens with one attached hydrogen (secondary N) is 1. The van der Waals surface area contributed by atoms with Gasteiger partial charge in [-0.1, -0.05) is 11.6 Å². The van der Waals surface area contributed by atoms with Crippen LogP contribution in [0.2, 0.25) is 5.02 Å². The first-order valence-electron chi connectivity index (χ1n) is 11.5. The van der Waals surface area contributed by atoms with Crippen LogP contribution in [0.1, 0.15) is 21.8 Å². The van der Waals surface area contributed by atoms with E-state index in [0.29, 0.717) is 31.2 Å². The molecule has 11 heteroatoms. The highest BCUT2D eigenvalue weighted by Gasteiger charge is 2.31. The van der Waals surface area contributed by atoms with Gasteiger partial charge in [-0.25, -0.2) is 17.9 Å². The zero-order chi connectivity index (χ0) is 25.2. The number of carbonyl (C=O) groups is 2. The van der Waals surface area contributed by atoms with Crippen LogP contribution < -0.4 is 14.5 Å². The van der Waals surface area contributed by atoms with E-state index in [4.69, 9.17) is 11.6 Å². The van der Waals surface area contributed by atoms with Crippen LogP contribution in [0.3, 0.4) is 0 Å². The predicted molar refractivity (Wildman–Crippen MR) is 139 cm³/mol. The summed E-state index contributed by atoms with van der Waals surface area (Å²) in [7, 11) is -2.89. The fourth-order valence-electron chi connectivity index (χ4n) is 4.63. The lowest BCUT2D eigenvalue weighted by atomic mass is 10.00. The third kappa shape index (κ3) is 5.48. The number of rotatable bonds is 5. The minimum atomic E-state index is -3.99. The van der Waals surface area contributed by atoms with Crippen molar-refractivity contribution in [2.45, 2.75) is 30.7 Å². The highest BCUT2D eigenvalue weighted by atomic mass is 35.5. The summed E-state index contributed by atoms with van der Waals surface area (Å²) in [5, 5.41) is 0.714. The monoisotopic (exact) mass is 524 g/mol. The molecule has 2 aromatic carbocycles. The minimum absolute atomic E-state index is 0. The molecule has 0 bridgehead atoms. The van der Waals surface area contributed by atoms with Gasteiger partial charge in [-0.3, -0.25) is 4.79 Å². The fraction of sp³-hybridized carbons (Fsp3) is 0.417. The molecule has 0 saturated carbocycles. The average Bonchev–Trinajstić information content (AvgIpc) is 2.87. The zero-order valence-corrected chi connectivity index (χ0v) is 21.3. The minimum Gasteiger partial charge on any atom is -0.452 e. The van der Waals surface area contributed by atoms with Gasteiger partial charge in [0.2, 0.25) is 5.91 Å². The molecule has 35 heavy (non-hydrogen) atoms. The molecule has 2 heterocycles. The number of methoxy groups -OCH3 is 1. The molecule has 1 saturated heterocycles. The largest absolute Gasteiger partial charge is 0.452 e. The van der Waals surface area contributed by atoms with E-state index in [0.717, 1.165) is 37.9 Å². The number of fused-ring (bicyclic) bond motifs is 1. The molecule has 0 unspecified atom stereocenters. The number of anilines is 2. The fourth-order valence-corrected chi connectivity index (χ4v) is 5.74. The lowest BCUT2D eigenvalue weighted by Gasteiger charge is -2.41. The van der Waals surface area contributed by atoms with Gasteiger partial charge in [0, 0.05) is 52.0 Å². The molecule has 0 spiro atoms. The normalized spacial score (nSPS) is 16.9. The molecule has 0 aromatic heterocycles. The van der Waals surface area contributed by atoms with Crippen LogP contribution in [0.15, 0.2) is 47.4 Å². The summed E-state index contributed by atoms with van der Waals surface area (Å²) in [4.78, 5) is 30.7. The van der Waals surface area contributed by atoms with Gasteiger partial charge in [0.05, 0.1) is 12.0 Å². The van der Waals surface area contributed by atoms with Gasteiger partial charge in [0.1, 0.15) is 6.04 Å². The van der Waals surface area contributed by atoms with Gasteiger partial charge in [0.15, 0.2) is 0 Å². The zero-order valence-electron chi connectivity index (χ0n) is 19.7. The summed E-state index contributed by atoms with van der Waals surface area (Å²) >= 11 is 6.16. The Morgan fingerprint density at radius 2 is 1.74 bits per heavy atom. The first-order chi connectivity index (χ1) is 16.7. The van der Waals surface area contributed by atoms with Gasteiger partial charge in [0.25, 0.3) is 10.0 Å². The maximum absolute atomic E-state index is 13.3. The van der Waals surface area contributed by atoms with Crippen LogP contribution >= 0.6 is 11.6 Å². The molecule has 2 amide bonds. The molecule has 192 valence electrons. The van der Waals surface area contributed by atoms with Gasteiger partial charge < -0.3 is 19.4 Å². The van der Waals surface area contributed by atoms with E-state index in [-0.39, 0.29) is 19.7 Å². The van der Waals surface area contributed by atoms with E-state index in [1.165, 1.54) is 17.7 Å². The number of aryl methyl sites for hydroxylation is 1. The summed E-state index contributed by atoms with van der Waals surface area (Å²) in [6, 6.07) is 11.9. The Morgan fingerprint density at radius 1 is 1.06 bits per heavy atom. The Bertz CT molecular complexity index is 1210. The summed E-state index contributed by atoms with van der Waals surface area (Å²) < 4.78 is 30.6. The van der Waals surface area contributed by atoms with Crippen molar-refractivity contribution in [1.82, 2.24) is 9.62 Å². The van der Waals surface area contributed by atoms with Crippen molar-refractivity contribution < 1.29 is 25.6 Å². The van der Waals surface area contributed by atoms with Crippen LogP contribution in [-0.2, 0) is 26.0 Å². The highest BCUT2D eigenvalue weighted by molar-refractivity contribution is 7.90. The molecule has 1 fully saturated rings. The van der Waals surface area contributed by atoms with Crippen molar-refractivity contribution in [3.8, 4) is 0 Å². The molecule has 9 nitrogen and oxygen atoms in total. The van der Waals surface area contributed by atoms with Crippen LogP contribution in [0.4, 0.5) is 16.2 Å². The smallest absolute Gasteiger partial charge is 0.420 e. The molecule has 0 aliphatic carbocycles. The molecule has 1 N–H and O–H groups in total. The molecule has 1 atom stereocenters. The Morgan fingerprint density at radius 3 is 2.40 bits per heavy atom. The lowest BCUT2D eigenvalue weighted by molar-refractivity contribution is -0.132. The molecular weight excluding hydrogens is 492 g/mol.